The quantitative estimate of drug-likeness (QED) is 0.686. The highest BCUT2D eigenvalue weighted by Crippen LogP contribution is 2.36. The molecule has 1 heterocycles. The first kappa shape index (κ1) is 15.8. The summed E-state index contributed by atoms with van der Waals surface area (Å²) in [6.45, 7) is 4.37. The number of hydrogen-bond donors (Lipinski definition) is 1. The summed E-state index contributed by atoms with van der Waals surface area (Å²) in [7, 11) is -0.733. The number of nitrogens with zero attached hydrogens (tertiary/aromatic N) is 2. The van der Waals surface area contributed by atoms with Gasteiger partial charge in [0.05, 0.1) is 5.71 Å². The van der Waals surface area contributed by atoms with E-state index in [-0.39, 0.29) is 0 Å². The van der Waals surface area contributed by atoms with Gasteiger partial charge in [-0.25, -0.2) is 0 Å². The van der Waals surface area contributed by atoms with Crippen LogP contribution in [-0.2, 0) is 0 Å². The van der Waals surface area contributed by atoms with Gasteiger partial charge < -0.3 is 5.02 Å². The summed E-state index contributed by atoms with van der Waals surface area (Å²) in [5.74, 6) is 0.536. The molecule has 2 aromatic rings. The Morgan fingerprint density at radius 1 is 1.17 bits per heavy atom. The van der Waals surface area contributed by atoms with Gasteiger partial charge in [0.2, 0.25) is 0 Å². The lowest BCUT2D eigenvalue weighted by Gasteiger charge is -2.30. The average Bonchev–Trinajstić information content (AvgIpc) is 3.40. The second-order valence-electron chi connectivity index (χ2n) is 6.73. The zero-order chi connectivity index (χ0) is 16.7. The van der Waals surface area contributed by atoms with E-state index >= 15 is 0 Å². The Bertz CT molecular complexity index is 788. The SMILES string of the molecule is CC(C)Sc1cccc(N2N=C(C3CC3)c3ccccc3B2O)c1. The topological polar surface area (TPSA) is 35.8 Å². The molecule has 0 saturated heterocycles. The van der Waals surface area contributed by atoms with Crippen LogP contribution in [0.5, 0.6) is 0 Å². The molecular weight excluding hydrogens is 315 g/mol. The first-order chi connectivity index (χ1) is 11.6. The minimum atomic E-state index is -0.733. The van der Waals surface area contributed by atoms with Crippen LogP contribution >= 0.6 is 11.8 Å². The van der Waals surface area contributed by atoms with Gasteiger partial charge in [-0.1, -0.05) is 44.2 Å². The van der Waals surface area contributed by atoms with Gasteiger partial charge >= 0.3 is 7.05 Å². The minimum absolute atomic E-state index is 0.526. The van der Waals surface area contributed by atoms with Gasteiger partial charge in [0.1, 0.15) is 0 Å². The fourth-order valence-corrected chi connectivity index (χ4v) is 4.03. The lowest BCUT2D eigenvalue weighted by atomic mass is 9.68. The molecule has 3 nitrogen and oxygen atoms in total. The molecule has 5 heteroatoms. The number of anilines is 1. The fourth-order valence-electron chi connectivity index (χ4n) is 3.14. The molecule has 1 saturated carbocycles. The van der Waals surface area contributed by atoms with Crippen molar-refractivity contribution in [2.45, 2.75) is 36.8 Å². The molecule has 1 fully saturated rings. The highest BCUT2D eigenvalue weighted by molar-refractivity contribution is 7.99. The lowest BCUT2D eigenvalue weighted by molar-refractivity contribution is 0.577. The van der Waals surface area contributed by atoms with Crippen LogP contribution in [0.1, 0.15) is 32.3 Å². The van der Waals surface area contributed by atoms with Crippen LogP contribution in [-0.4, -0.2) is 23.0 Å². The summed E-state index contributed by atoms with van der Waals surface area (Å²) < 4.78 is 0. The zero-order valence-corrected chi connectivity index (χ0v) is 14.8. The molecule has 0 amide bonds. The van der Waals surface area contributed by atoms with E-state index in [0.29, 0.717) is 11.2 Å². The number of rotatable bonds is 4. The van der Waals surface area contributed by atoms with Gasteiger partial charge in [-0.15, -0.1) is 11.8 Å². The van der Waals surface area contributed by atoms with Crippen molar-refractivity contribution in [3.63, 3.8) is 0 Å². The molecule has 4 rings (SSSR count). The van der Waals surface area contributed by atoms with E-state index in [1.807, 2.05) is 42.1 Å². The van der Waals surface area contributed by atoms with Crippen molar-refractivity contribution in [3.8, 4) is 0 Å². The molecule has 0 aromatic heterocycles. The Morgan fingerprint density at radius 2 is 1.96 bits per heavy atom. The van der Waals surface area contributed by atoms with Crippen molar-refractivity contribution in [1.29, 1.82) is 0 Å². The number of thioether (sulfide) groups is 1. The smallest absolute Gasteiger partial charge is 0.427 e. The van der Waals surface area contributed by atoms with Gasteiger partial charge in [0.25, 0.3) is 0 Å². The highest BCUT2D eigenvalue weighted by atomic mass is 32.2. The molecule has 0 bridgehead atoms. The summed E-state index contributed by atoms with van der Waals surface area (Å²) in [6, 6.07) is 16.4. The Labute approximate surface area is 147 Å². The molecule has 2 aliphatic rings. The predicted octanol–water partition coefficient (Wildman–Crippen LogP) is 3.51. The third-order valence-electron chi connectivity index (χ3n) is 4.38. The van der Waals surface area contributed by atoms with Crippen LogP contribution in [0.4, 0.5) is 5.69 Å². The van der Waals surface area contributed by atoms with E-state index in [9.17, 15) is 5.02 Å². The predicted molar refractivity (Wildman–Crippen MR) is 103 cm³/mol. The summed E-state index contributed by atoms with van der Waals surface area (Å²) >= 11 is 1.83. The normalized spacial score (nSPS) is 17.1. The summed E-state index contributed by atoms with van der Waals surface area (Å²) in [5, 5.41) is 16.3. The van der Waals surface area contributed by atoms with Crippen LogP contribution in [0.3, 0.4) is 0 Å². The van der Waals surface area contributed by atoms with Crippen molar-refractivity contribution in [1.82, 2.24) is 0 Å². The van der Waals surface area contributed by atoms with Gasteiger partial charge in [-0.05, 0) is 42.1 Å². The zero-order valence-electron chi connectivity index (χ0n) is 14.0. The van der Waals surface area contributed by atoms with Crippen molar-refractivity contribution in [2.24, 2.45) is 11.0 Å². The summed E-state index contributed by atoms with van der Waals surface area (Å²) in [4.78, 5) is 2.98. The largest absolute Gasteiger partial charge is 0.471 e. The van der Waals surface area contributed by atoms with E-state index in [1.165, 1.54) is 17.7 Å². The summed E-state index contributed by atoms with van der Waals surface area (Å²) in [6.07, 6.45) is 2.39. The molecule has 1 aliphatic carbocycles. The van der Waals surface area contributed by atoms with Crippen LogP contribution < -0.4 is 10.4 Å². The van der Waals surface area contributed by atoms with Crippen LogP contribution in [0.2, 0.25) is 0 Å². The van der Waals surface area contributed by atoms with Crippen molar-refractivity contribution >= 4 is 35.7 Å². The minimum Gasteiger partial charge on any atom is -0.427 e. The number of benzene rings is 2. The van der Waals surface area contributed by atoms with Crippen LogP contribution in [0.25, 0.3) is 0 Å². The van der Waals surface area contributed by atoms with Crippen molar-refractivity contribution < 1.29 is 5.02 Å². The summed E-state index contributed by atoms with van der Waals surface area (Å²) in [5.41, 5.74) is 4.13. The first-order valence-electron chi connectivity index (χ1n) is 8.55. The van der Waals surface area contributed by atoms with Crippen LogP contribution in [0, 0.1) is 5.92 Å². The molecule has 24 heavy (non-hydrogen) atoms. The molecule has 0 radical (unpaired) electrons. The second kappa shape index (κ2) is 6.30. The third kappa shape index (κ3) is 2.98. The second-order valence-corrected chi connectivity index (χ2v) is 8.38. The molecule has 0 unspecified atom stereocenters. The maximum atomic E-state index is 10.9. The first-order valence-corrected chi connectivity index (χ1v) is 9.43. The standard InChI is InChI=1S/C19H21BN2OS/c1-13(2)24-16-7-5-6-15(12-16)22-20(23)18-9-4-3-8-17(18)19(21-22)14-10-11-14/h3-9,12-14,23H,10-11H2,1-2H3. The molecular formula is C19H21BN2OS. The number of hydrogen-bond acceptors (Lipinski definition) is 4. The van der Waals surface area contributed by atoms with E-state index < -0.39 is 7.05 Å². The Hall–Kier alpha value is -1.72. The van der Waals surface area contributed by atoms with E-state index in [4.69, 9.17) is 5.10 Å². The molecule has 1 aliphatic heterocycles. The third-order valence-corrected chi connectivity index (χ3v) is 5.38. The average molecular weight is 336 g/mol. The van der Waals surface area contributed by atoms with Crippen molar-refractivity contribution in [2.75, 3.05) is 4.92 Å². The Balaban J connectivity index is 1.74. The maximum Gasteiger partial charge on any atom is 0.471 e. The molecule has 0 atom stereocenters. The molecule has 122 valence electrons. The maximum absolute atomic E-state index is 10.9. The van der Waals surface area contributed by atoms with Gasteiger partial charge in [-0.2, -0.15) is 5.10 Å². The number of hydrazone groups is 1. The highest BCUT2D eigenvalue weighted by Gasteiger charge is 2.38. The Morgan fingerprint density at radius 3 is 2.71 bits per heavy atom. The monoisotopic (exact) mass is 336 g/mol. The van der Waals surface area contributed by atoms with Gasteiger partial charge in [-0.3, -0.25) is 4.92 Å². The van der Waals surface area contributed by atoms with E-state index in [0.717, 1.165) is 22.4 Å². The van der Waals surface area contributed by atoms with Crippen LogP contribution in [0.15, 0.2) is 58.5 Å². The lowest BCUT2D eigenvalue weighted by Crippen LogP contribution is -2.52. The molecule has 0 spiro atoms. The van der Waals surface area contributed by atoms with Crippen molar-refractivity contribution in [3.05, 3.63) is 54.1 Å². The van der Waals surface area contributed by atoms with Gasteiger partial charge in [0, 0.05) is 21.8 Å². The Kier molecular flexibility index (Phi) is 4.15. The van der Waals surface area contributed by atoms with E-state index in [1.54, 1.807) is 4.92 Å². The molecule has 2 aromatic carbocycles. The number of fused-ring (bicyclic) bond motifs is 1. The molecule has 1 N–H and O–H groups in total. The fraction of sp³-hybridized carbons (Fsp3) is 0.316. The van der Waals surface area contributed by atoms with Gasteiger partial charge in [0.15, 0.2) is 0 Å². The van der Waals surface area contributed by atoms with E-state index in [2.05, 4.69) is 32.0 Å².